The number of sulfone groups is 1. The summed E-state index contributed by atoms with van der Waals surface area (Å²) in [7, 11) is -2.04. The van der Waals surface area contributed by atoms with E-state index in [-0.39, 0.29) is 17.9 Å². The first kappa shape index (κ1) is 16.7. The first-order valence-electron chi connectivity index (χ1n) is 6.55. The molecule has 23 heavy (non-hydrogen) atoms. The number of methoxy groups -OCH3 is 1. The van der Waals surface area contributed by atoms with Gasteiger partial charge in [0.25, 0.3) is 5.91 Å². The van der Waals surface area contributed by atoms with Gasteiger partial charge in [-0.15, -0.1) is 0 Å². The minimum Gasteiger partial charge on any atom is -0.496 e. The van der Waals surface area contributed by atoms with Crippen LogP contribution in [-0.2, 0) is 16.4 Å². The number of amides is 1. The number of hydrogen-bond acceptors (Lipinski definition) is 7. The number of rotatable bonds is 5. The maximum Gasteiger partial charge on any atom is 0.256 e. The van der Waals surface area contributed by atoms with Crippen molar-refractivity contribution in [1.29, 1.82) is 0 Å². The zero-order chi connectivity index (χ0) is 17.0. The van der Waals surface area contributed by atoms with Crippen molar-refractivity contribution in [3.05, 3.63) is 41.6 Å². The molecule has 0 unspecified atom stereocenters. The van der Waals surface area contributed by atoms with Crippen molar-refractivity contribution >= 4 is 21.6 Å². The van der Waals surface area contributed by atoms with Gasteiger partial charge in [0.1, 0.15) is 11.6 Å². The zero-order valence-corrected chi connectivity index (χ0v) is 13.4. The molecule has 1 aromatic heterocycles. The number of carbonyl (C=O) groups excluding carboxylic acids is 1. The molecule has 0 radical (unpaired) electrons. The predicted octanol–water partition coefficient (Wildman–Crippen LogP) is 0.401. The van der Waals surface area contributed by atoms with Crippen molar-refractivity contribution in [2.24, 2.45) is 0 Å². The van der Waals surface area contributed by atoms with Crippen LogP contribution in [0.15, 0.2) is 35.6 Å². The highest BCUT2D eigenvalue weighted by molar-refractivity contribution is 7.90. The van der Waals surface area contributed by atoms with E-state index in [1.807, 2.05) is 18.2 Å². The fraction of sp³-hybridized carbons (Fsp3) is 0.214. The van der Waals surface area contributed by atoms with Crippen LogP contribution in [0.3, 0.4) is 0 Å². The lowest BCUT2D eigenvalue weighted by molar-refractivity contribution is 0.0950. The second kappa shape index (κ2) is 6.61. The van der Waals surface area contributed by atoms with Crippen LogP contribution in [-0.4, -0.2) is 37.7 Å². The van der Waals surface area contributed by atoms with Gasteiger partial charge in [0.05, 0.1) is 12.7 Å². The van der Waals surface area contributed by atoms with Crippen LogP contribution < -0.4 is 15.8 Å². The second-order valence-electron chi connectivity index (χ2n) is 4.72. The summed E-state index contributed by atoms with van der Waals surface area (Å²) in [6.07, 6.45) is 2.06. The van der Waals surface area contributed by atoms with E-state index in [1.165, 1.54) is 7.11 Å². The van der Waals surface area contributed by atoms with Gasteiger partial charge in [0.2, 0.25) is 15.0 Å². The summed E-state index contributed by atoms with van der Waals surface area (Å²) in [5.74, 6) is -0.0594. The molecule has 9 heteroatoms. The molecule has 0 saturated carbocycles. The number of nitrogens with one attached hydrogen (secondary N) is 1. The van der Waals surface area contributed by atoms with E-state index in [4.69, 9.17) is 10.5 Å². The molecule has 1 aromatic carbocycles. The highest BCUT2D eigenvalue weighted by Crippen LogP contribution is 2.17. The Hall–Kier alpha value is -2.68. The number of aromatic nitrogens is 2. The quantitative estimate of drug-likeness (QED) is 0.757. The Bertz CT molecular complexity index is 836. The number of nitrogens with zero attached hydrogens (tertiary/aromatic N) is 2. The topological polar surface area (TPSA) is 124 Å². The summed E-state index contributed by atoms with van der Waals surface area (Å²) in [6.45, 7) is 0.218. The van der Waals surface area contributed by atoms with Crippen molar-refractivity contribution in [3.63, 3.8) is 0 Å². The molecule has 2 rings (SSSR count). The van der Waals surface area contributed by atoms with Crippen molar-refractivity contribution in [2.75, 3.05) is 19.1 Å². The van der Waals surface area contributed by atoms with Gasteiger partial charge in [-0.3, -0.25) is 4.79 Å². The SMILES string of the molecule is COc1ccccc1CNC(=O)c1cnc(S(C)(=O)=O)nc1N. The largest absolute Gasteiger partial charge is 0.496 e. The number of ether oxygens (including phenoxy) is 1. The van der Waals surface area contributed by atoms with Crippen molar-refractivity contribution < 1.29 is 17.9 Å². The Morgan fingerprint density at radius 2 is 2.04 bits per heavy atom. The molecular weight excluding hydrogens is 320 g/mol. The van der Waals surface area contributed by atoms with Gasteiger partial charge in [-0.25, -0.2) is 18.4 Å². The average molecular weight is 336 g/mol. The standard InChI is InChI=1S/C14H16N4O4S/c1-22-11-6-4-3-5-9(11)7-16-13(19)10-8-17-14(18-12(10)15)23(2,20)21/h3-6,8H,7H2,1-2H3,(H,16,19)(H2,15,17,18). The van der Waals surface area contributed by atoms with Gasteiger partial charge in [-0.05, 0) is 6.07 Å². The van der Waals surface area contributed by atoms with Crippen molar-refractivity contribution in [3.8, 4) is 5.75 Å². The second-order valence-corrected chi connectivity index (χ2v) is 6.63. The van der Waals surface area contributed by atoms with Gasteiger partial charge < -0.3 is 15.8 Å². The van der Waals surface area contributed by atoms with E-state index in [0.29, 0.717) is 5.75 Å². The first-order chi connectivity index (χ1) is 10.8. The van der Waals surface area contributed by atoms with Crippen LogP contribution in [0.25, 0.3) is 0 Å². The van der Waals surface area contributed by atoms with Crippen LogP contribution in [0.1, 0.15) is 15.9 Å². The number of carbonyl (C=O) groups is 1. The molecule has 2 aromatic rings. The summed E-state index contributed by atoms with van der Waals surface area (Å²) >= 11 is 0. The maximum absolute atomic E-state index is 12.1. The smallest absolute Gasteiger partial charge is 0.256 e. The molecule has 1 amide bonds. The van der Waals surface area contributed by atoms with Gasteiger partial charge in [-0.1, -0.05) is 18.2 Å². The number of hydrogen-bond donors (Lipinski definition) is 2. The first-order valence-corrected chi connectivity index (χ1v) is 8.44. The van der Waals surface area contributed by atoms with E-state index >= 15 is 0 Å². The number of benzene rings is 1. The van der Waals surface area contributed by atoms with Crippen LogP contribution in [0.2, 0.25) is 0 Å². The number of para-hydroxylation sites is 1. The molecule has 122 valence electrons. The Morgan fingerprint density at radius 1 is 1.35 bits per heavy atom. The van der Waals surface area contributed by atoms with Gasteiger partial charge in [0.15, 0.2) is 0 Å². The lowest BCUT2D eigenvalue weighted by atomic mass is 10.2. The number of nitrogens with two attached hydrogens (primary N) is 1. The predicted molar refractivity (Wildman–Crippen MR) is 83.7 cm³/mol. The molecule has 3 N–H and O–H groups in total. The molecule has 8 nitrogen and oxygen atoms in total. The molecule has 0 spiro atoms. The molecule has 0 saturated heterocycles. The van der Waals surface area contributed by atoms with E-state index in [0.717, 1.165) is 18.0 Å². The van der Waals surface area contributed by atoms with E-state index < -0.39 is 20.9 Å². The maximum atomic E-state index is 12.1. The lowest BCUT2D eigenvalue weighted by Crippen LogP contribution is -2.25. The summed E-state index contributed by atoms with van der Waals surface area (Å²) < 4.78 is 27.9. The Labute approximate surface area is 133 Å². The average Bonchev–Trinajstić information content (AvgIpc) is 2.51. The van der Waals surface area contributed by atoms with Crippen molar-refractivity contribution in [1.82, 2.24) is 15.3 Å². The summed E-state index contributed by atoms with van der Waals surface area (Å²) in [5, 5.41) is 2.24. The van der Waals surface area contributed by atoms with E-state index in [9.17, 15) is 13.2 Å². The highest BCUT2D eigenvalue weighted by atomic mass is 32.2. The third-order valence-electron chi connectivity index (χ3n) is 3.00. The minimum atomic E-state index is -3.58. The molecule has 0 aliphatic heterocycles. The summed E-state index contributed by atoms with van der Waals surface area (Å²) in [5.41, 5.74) is 6.44. The minimum absolute atomic E-state index is 0.00676. The molecule has 0 aliphatic rings. The van der Waals surface area contributed by atoms with Crippen LogP contribution in [0.4, 0.5) is 5.82 Å². The summed E-state index contributed by atoms with van der Waals surface area (Å²) in [4.78, 5) is 19.4. The van der Waals surface area contributed by atoms with Gasteiger partial charge in [-0.2, -0.15) is 0 Å². The van der Waals surface area contributed by atoms with Crippen LogP contribution >= 0.6 is 0 Å². The van der Waals surface area contributed by atoms with E-state index in [2.05, 4.69) is 15.3 Å². The number of nitrogen functional groups attached to an aromatic ring is 1. The molecule has 0 bridgehead atoms. The fourth-order valence-electron chi connectivity index (χ4n) is 1.85. The number of anilines is 1. The zero-order valence-electron chi connectivity index (χ0n) is 12.6. The lowest BCUT2D eigenvalue weighted by Gasteiger charge is -2.10. The fourth-order valence-corrected chi connectivity index (χ4v) is 2.36. The highest BCUT2D eigenvalue weighted by Gasteiger charge is 2.17. The Morgan fingerprint density at radius 3 is 2.65 bits per heavy atom. The third-order valence-corrected chi connectivity index (χ3v) is 3.86. The van der Waals surface area contributed by atoms with Gasteiger partial charge >= 0.3 is 0 Å². The van der Waals surface area contributed by atoms with Crippen LogP contribution in [0, 0.1) is 0 Å². The Balaban J connectivity index is 2.15. The Kier molecular flexibility index (Phi) is 4.80. The molecule has 0 aliphatic carbocycles. The van der Waals surface area contributed by atoms with Gasteiger partial charge in [0, 0.05) is 24.6 Å². The van der Waals surface area contributed by atoms with Crippen molar-refractivity contribution in [2.45, 2.75) is 11.7 Å². The van der Waals surface area contributed by atoms with E-state index in [1.54, 1.807) is 6.07 Å². The normalized spacial score (nSPS) is 11.0. The third kappa shape index (κ3) is 3.95. The molecule has 0 atom stereocenters. The molecule has 0 fully saturated rings. The molecule has 1 heterocycles. The summed E-state index contributed by atoms with van der Waals surface area (Å²) in [6, 6.07) is 7.23. The van der Waals surface area contributed by atoms with Crippen LogP contribution in [0.5, 0.6) is 5.75 Å². The molecular formula is C14H16N4O4S. The monoisotopic (exact) mass is 336 g/mol.